The summed E-state index contributed by atoms with van der Waals surface area (Å²) < 4.78 is 8.02. The van der Waals surface area contributed by atoms with E-state index in [1.165, 1.54) is 22.6 Å². The fourth-order valence-electron chi connectivity index (χ4n) is 7.33. The van der Waals surface area contributed by atoms with Crippen LogP contribution in [0.1, 0.15) is 70.8 Å². The van der Waals surface area contributed by atoms with Gasteiger partial charge in [0.2, 0.25) is 0 Å². The maximum atomic E-state index is 5.56. The predicted octanol–water partition coefficient (Wildman–Crippen LogP) is 5.65. The Morgan fingerprint density at radius 2 is 1.77 bits per heavy atom. The van der Waals surface area contributed by atoms with Gasteiger partial charge < -0.3 is 19.5 Å². The van der Waals surface area contributed by atoms with E-state index in [4.69, 9.17) is 9.72 Å². The molecule has 1 unspecified atom stereocenters. The number of hydrogen-bond acceptors (Lipinski definition) is 6. The van der Waals surface area contributed by atoms with E-state index >= 15 is 0 Å². The lowest BCUT2D eigenvalue weighted by Crippen LogP contribution is -2.55. The lowest BCUT2D eigenvalue weighted by Gasteiger charge is -2.47. The highest BCUT2D eigenvalue weighted by molar-refractivity contribution is 5.80. The number of anilines is 1. The van der Waals surface area contributed by atoms with E-state index in [0.29, 0.717) is 18.1 Å². The summed E-state index contributed by atoms with van der Waals surface area (Å²) in [6.45, 7) is 14.3. The topological polar surface area (TPSA) is 48.8 Å². The molecule has 7 nitrogen and oxygen atoms in total. The average molecular weight is 547 g/mol. The molecule has 3 heterocycles. The van der Waals surface area contributed by atoms with E-state index in [-0.39, 0.29) is 5.54 Å². The second-order valence-corrected chi connectivity index (χ2v) is 12.3. The Kier molecular flexibility index (Phi) is 8.74. The Labute approximate surface area is 241 Å². The molecule has 0 aliphatic carbocycles. The number of nitrogens with one attached hydrogen (secondary N) is 1. The van der Waals surface area contributed by atoms with E-state index in [1.54, 1.807) is 7.11 Å². The number of aromatic nitrogens is 2. The fourth-order valence-corrected chi connectivity index (χ4v) is 7.33. The lowest BCUT2D eigenvalue weighted by atomic mass is 9.79. The molecule has 3 atom stereocenters. The Morgan fingerprint density at radius 1 is 1.05 bits per heavy atom. The predicted molar refractivity (Wildman–Crippen MR) is 166 cm³/mol. The summed E-state index contributed by atoms with van der Waals surface area (Å²) in [5.74, 6) is 2.17. The standard InChI is InChI=1S/C33H50N6O/c1-8-11-31(38-22-24(3)34-25(4)23-38)32-35-29-21-27(14-15-30(29)39(32)9-2)37-18-16-33(17-19-37,36(5)6)26-12-10-13-28(20-26)40-7/h10,12-15,20-21,24-25,31,34H,8-9,11,16-19,22-23H2,1-7H3/t24-,25+,31?. The molecule has 218 valence electrons. The van der Waals surface area contributed by atoms with Gasteiger partial charge in [-0.05, 0) is 90.0 Å². The molecule has 0 bridgehead atoms. The molecule has 0 radical (unpaired) electrons. The molecule has 0 amide bonds. The normalized spacial score (nSPS) is 22.6. The Hall–Kier alpha value is -2.61. The minimum absolute atomic E-state index is 0.0110. The lowest BCUT2D eigenvalue weighted by molar-refractivity contribution is 0.110. The van der Waals surface area contributed by atoms with Crippen molar-refractivity contribution in [3.63, 3.8) is 0 Å². The van der Waals surface area contributed by atoms with Gasteiger partial charge in [-0.15, -0.1) is 0 Å². The first kappa shape index (κ1) is 28.9. The quantitative estimate of drug-likeness (QED) is 0.375. The monoisotopic (exact) mass is 546 g/mol. The molecule has 3 aromatic rings. The summed E-state index contributed by atoms with van der Waals surface area (Å²) in [5, 5.41) is 3.70. The number of hydrogen-bond donors (Lipinski definition) is 1. The molecule has 2 aromatic carbocycles. The van der Waals surface area contributed by atoms with Crippen LogP contribution >= 0.6 is 0 Å². The van der Waals surface area contributed by atoms with Crippen molar-refractivity contribution in [3.8, 4) is 5.75 Å². The van der Waals surface area contributed by atoms with Gasteiger partial charge in [0, 0.05) is 56.0 Å². The van der Waals surface area contributed by atoms with Crippen LogP contribution in [-0.2, 0) is 12.1 Å². The van der Waals surface area contributed by atoms with Gasteiger partial charge in [-0.3, -0.25) is 9.80 Å². The van der Waals surface area contributed by atoms with E-state index in [9.17, 15) is 0 Å². The zero-order valence-corrected chi connectivity index (χ0v) is 25.8. The van der Waals surface area contributed by atoms with Crippen molar-refractivity contribution in [2.45, 2.75) is 83.6 Å². The first-order chi connectivity index (χ1) is 19.3. The maximum absolute atomic E-state index is 5.56. The minimum atomic E-state index is 0.0110. The Morgan fingerprint density at radius 3 is 2.40 bits per heavy atom. The van der Waals surface area contributed by atoms with Crippen LogP contribution in [0.3, 0.4) is 0 Å². The van der Waals surface area contributed by atoms with Crippen molar-refractivity contribution < 1.29 is 4.74 Å². The molecule has 1 aromatic heterocycles. The third kappa shape index (κ3) is 5.48. The number of imidazole rings is 1. The van der Waals surface area contributed by atoms with Crippen LogP contribution < -0.4 is 15.0 Å². The highest BCUT2D eigenvalue weighted by atomic mass is 16.5. The van der Waals surface area contributed by atoms with Crippen LogP contribution in [0.25, 0.3) is 11.0 Å². The number of fused-ring (bicyclic) bond motifs is 1. The minimum Gasteiger partial charge on any atom is -0.497 e. The number of methoxy groups -OCH3 is 1. The van der Waals surface area contributed by atoms with Crippen molar-refractivity contribution >= 4 is 16.7 Å². The van der Waals surface area contributed by atoms with Gasteiger partial charge in [0.05, 0.1) is 24.2 Å². The largest absolute Gasteiger partial charge is 0.497 e. The average Bonchev–Trinajstić information content (AvgIpc) is 3.32. The molecule has 0 spiro atoms. The summed E-state index contributed by atoms with van der Waals surface area (Å²) >= 11 is 0. The van der Waals surface area contributed by atoms with Crippen molar-refractivity contribution in [3.05, 3.63) is 53.9 Å². The van der Waals surface area contributed by atoms with Crippen LogP contribution in [0, 0.1) is 0 Å². The summed E-state index contributed by atoms with van der Waals surface area (Å²) in [6.07, 6.45) is 4.43. The van der Waals surface area contributed by atoms with E-state index in [1.807, 2.05) is 6.07 Å². The van der Waals surface area contributed by atoms with Gasteiger partial charge in [-0.2, -0.15) is 0 Å². The van der Waals surface area contributed by atoms with Gasteiger partial charge in [0.25, 0.3) is 0 Å². The molecule has 2 aliphatic rings. The number of piperazine rings is 1. The first-order valence-corrected chi connectivity index (χ1v) is 15.4. The van der Waals surface area contributed by atoms with Crippen molar-refractivity contribution in [2.75, 3.05) is 52.3 Å². The second kappa shape index (κ2) is 12.1. The summed E-state index contributed by atoms with van der Waals surface area (Å²) in [5.41, 5.74) is 5.03. The molecular formula is C33H50N6O. The molecule has 2 fully saturated rings. The molecule has 7 heteroatoms. The van der Waals surface area contributed by atoms with E-state index < -0.39 is 0 Å². The van der Waals surface area contributed by atoms with Crippen LogP contribution in [0.15, 0.2) is 42.5 Å². The Balaban J connectivity index is 1.41. The van der Waals surface area contributed by atoms with Crippen LogP contribution in [0.4, 0.5) is 5.69 Å². The molecular weight excluding hydrogens is 496 g/mol. The fraction of sp³-hybridized carbons (Fsp3) is 0.606. The highest BCUT2D eigenvalue weighted by Crippen LogP contribution is 2.40. The van der Waals surface area contributed by atoms with Crippen molar-refractivity contribution in [1.29, 1.82) is 0 Å². The maximum Gasteiger partial charge on any atom is 0.127 e. The third-order valence-corrected chi connectivity index (χ3v) is 9.38. The van der Waals surface area contributed by atoms with Gasteiger partial charge in [-0.1, -0.05) is 25.5 Å². The number of ether oxygens (including phenoxy) is 1. The van der Waals surface area contributed by atoms with Crippen molar-refractivity contribution in [2.24, 2.45) is 0 Å². The zero-order valence-electron chi connectivity index (χ0n) is 25.8. The molecule has 0 saturated carbocycles. The molecule has 2 aliphatic heterocycles. The van der Waals surface area contributed by atoms with Crippen molar-refractivity contribution in [1.82, 2.24) is 24.7 Å². The molecule has 5 rings (SSSR count). The van der Waals surface area contributed by atoms with E-state index in [0.717, 1.165) is 69.7 Å². The number of piperidine rings is 1. The second-order valence-electron chi connectivity index (χ2n) is 12.3. The number of aryl methyl sites for hydroxylation is 1. The van der Waals surface area contributed by atoms with Gasteiger partial charge in [0.15, 0.2) is 0 Å². The summed E-state index contributed by atoms with van der Waals surface area (Å²) in [7, 11) is 6.18. The number of rotatable bonds is 9. The van der Waals surface area contributed by atoms with Crippen LogP contribution in [0.2, 0.25) is 0 Å². The zero-order chi connectivity index (χ0) is 28.4. The molecule has 1 N–H and O–H groups in total. The van der Waals surface area contributed by atoms with Gasteiger partial charge in [-0.25, -0.2) is 4.98 Å². The molecule has 40 heavy (non-hydrogen) atoms. The SMILES string of the molecule is CCCC(c1nc2cc(N3CCC(c4cccc(OC)c4)(N(C)C)CC3)ccc2n1CC)N1C[C@@H](C)N[C@@H](C)C1. The summed E-state index contributed by atoms with van der Waals surface area (Å²) in [4.78, 5) is 13.0. The number of benzene rings is 2. The van der Waals surface area contributed by atoms with Crippen LogP contribution in [-0.4, -0.2) is 78.8 Å². The number of nitrogens with zero attached hydrogens (tertiary/aromatic N) is 5. The van der Waals surface area contributed by atoms with Crippen LogP contribution in [0.5, 0.6) is 5.75 Å². The van der Waals surface area contributed by atoms with E-state index in [2.05, 4.69) is 103 Å². The van der Waals surface area contributed by atoms with Gasteiger partial charge >= 0.3 is 0 Å². The highest BCUT2D eigenvalue weighted by Gasteiger charge is 2.39. The Bertz CT molecular complexity index is 1270. The smallest absolute Gasteiger partial charge is 0.127 e. The summed E-state index contributed by atoms with van der Waals surface area (Å²) in [6, 6.07) is 17.0. The third-order valence-electron chi connectivity index (χ3n) is 9.38. The first-order valence-electron chi connectivity index (χ1n) is 15.4. The van der Waals surface area contributed by atoms with Gasteiger partial charge in [0.1, 0.15) is 11.6 Å². The molecule has 2 saturated heterocycles.